The normalized spacial score (nSPS) is 16.5. The maximum atomic E-state index is 12.6. The Kier molecular flexibility index (Phi) is 5.29. The highest BCUT2D eigenvalue weighted by Gasteiger charge is 2.28. The fourth-order valence-electron chi connectivity index (χ4n) is 3.37. The summed E-state index contributed by atoms with van der Waals surface area (Å²) < 4.78 is 0. The Morgan fingerprint density at radius 1 is 0.960 bits per heavy atom. The molecule has 1 fully saturated rings. The van der Waals surface area contributed by atoms with Crippen molar-refractivity contribution >= 4 is 11.7 Å². The van der Waals surface area contributed by atoms with Gasteiger partial charge in [0.1, 0.15) is 0 Å². The third-order valence-corrected chi connectivity index (χ3v) is 4.95. The molecule has 0 bridgehead atoms. The Labute approximate surface area is 148 Å². The zero-order chi connectivity index (χ0) is 17.8. The van der Waals surface area contributed by atoms with Gasteiger partial charge >= 0.3 is 0 Å². The smallest absolute Gasteiger partial charge is 0.253 e. The molecule has 3 rings (SSSR count). The van der Waals surface area contributed by atoms with E-state index < -0.39 is 6.10 Å². The molecule has 1 N–H and O–H groups in total. The van der Waals surface area contributed by atoms with Crippen molar-refractivity contribution in [1.29, 1.82) is 0 Å². The van der Waals surface area contributed by atoms with Crippen molar-refractivity contribution in [3.8, 4) is 0 Å². The number of likely N-dealkylation sites (tertiary alicyclic amines) is 1. The number of piperidine rings is 1. The second-order valence-electron chi connectivity index (χ2n) is 6.62. The van der Waals surface area contributed by atoms with Crippen LogP contribution in [0.4, 0.5) is 0 Å². The van der Waals surface area contributed by atoms with E-state index in [0.29, 0.717) is 24.2 Å². The molecule has 1 unspecified atom stereocenters. The fraction of sp³-hybridized carbons (Fsp3) is 0.333. The van der Waals surface area contributed by atoms with E-state index in [1.54, 1.807) is 24.3 Å². The van der Waals surface area contributed by atoms with Crippen LogP contribution in [-0.4, -0.2) is 34.8 Å². The topological polar surface area (TPSA) is 57.6 Å². The number of nitrogens with zero attached hydrogens (tertiary/aromatic N) is 1. The van der Waals surface area contributed by atoms with Gasteiger partial charge in [-0.2, -0.15) is 0 Å². The number of rotatable bonds is 4. The first-order chi connectivity index (χ1) is 12.1. The predicted octanol–water partition coefficient (Wildman–Crippen LogP) is 3.48. The number of carbonyl (C=O) groups excluding carboxylic acids is 2. The number of aliphatic hydroxyl groups is 1. The fourth-order valence-corrected chi connectivity index (χ4v) is 3.37. The summed E-state index contributed by atoms with van der Waals surface area (Å²) in [4.78, 5) is 25.8. The van der Waals surface area contributed by atoms with Crippen molar-refractivity contribution in [2.24, 2.45) is 5.92 Å². The van der Waals surface area contributed by atoms with Gasteiger partial charge in [-0.25, -0.2) is 0 Å². The Balaban J connectivity index is 1.60. The molecule has 25 heavy (non-hydrogen) atoms. The summed E-state index contributed by atoms with van der Waals surface area (Å²) in [6, 6.07) is 16.5. The Morgan fingerprint density at radius 3 is 2.08 bits per heavy atom. The van der Waals surface area contributed by atoms with Crippen molar-refractivity contribution in [3.05, 3.63) is 71.3 Å². The number of aliphatic hydroxyl groups excluding tert-OH is 1. The minimum atomic E-state index is -0.478. The molecule has 1 aliphatic rings. The molecule has 0 aromatic heterocycles. The van der Waals surface area contributed by atoms with E-state index in [0.717, 1.165) is 18.4 Å². The maximum Gasteiger partial charge on any atom is 0.253 e. The lowest BCUT2D eigenvalue weighted by molar-refractivity contribution is 0.0462. The van der Waals surface area contributed by atoms with E-state index in [-0.39, 0.29) is 17.6 Å². The summed E-state index contributed by atoms with van der Waals surface area (Å²) in [7, 11) is 0. The predicted molar refractivity (Wildman–Crippen MR) is 96.5 cm³/mol. The summed E-state index contributed by atoms with van der Waals surface area (Å²) >= 11 is 0. The van der Waals surface area contributed by atoms with Crippen molar-refractivity contribution in [2.75, 3.05) is 13.1 Å². The highest BCUT2D eigenvalue weighted by Crippen LogP contribution is 2.31. The summed E-state index contributed by atoms with van der Waals surface area (Å²) in [5, 5.41) is 10.5. The highest BCUT2D eigenvalue weighted by atomic mass is 16.3. The van der Waals surface area contributed by atoms with Gasteiger partial charge in [0.05, 0.1) is 6.10 Å². The Bertz CT molecular complexity index is 731. The molecule has 1 aliphatic heterocycles. The van der Waals surface area contributed by atoms with Crippen molar-refractivity contribution in [1.82, 2.24) is 4.90 Å². The molecule has 1 atom stereocenters. The molecule has 4 nitrogen and oxygen atoms in total. The van der Waals surface area contributed by atoms with Crippen LogP contribution in [0.15, 0.2) is 54.6 Å². The highest BCUT2D eigenvalue weighted by molar-refractivity contribution is 5.97. The monoisotopic (exact) mass is 337 g/mol. The van der Waals surface area contributed by atoms with Crippen molar-refractivity contribution in [2.45, 2.75) is 25.9 Å². The van der Waals surface area contributed by atoms with Crippen molar-refractivity contribution in [3.63, 3.8) is 0 Å². The zero-order valence-corrected chi connectivity index (χ0v) is 14.4. The molecule has 0 spiro atoms. The summed E-state index contributed by atoms with van der Waals surface area (Å²) in [5.74, 6) is 0.156. The van der Waals surface area contributed by atoms with E-state index in [4.69, 9.17) is 0 Å². The number of benzene rings is 2. The van der Waals surface area contributed by atoms with Gasteiger partial charge in [0.2, 0.25) is 0 Å². The molecule has 0 radical (unpaired) electrons. The van der Waals surface area contributed by atoms with E-state index >= 15 is 0 Å². The van der Waals surface area contributed by atoms with Gasteiger partial charge in [0, 0.05) is 24.2 Å². The number of hydrogen-bond donors (Lipinski definition) is 1. The molecule has 1 heterocycles. The van der Waals surface area contributed by atoms with Gasteiger partial charge in [-0.1, -0.05) is 42.5 Å². The average Bonchev–Trinajstić information content (AvgIpc) is 2.67. The van der Waals surface area contributed by atoms with E-state index in [1.807, 2.05) is 35.2 Å². The summed E-state index contributed by atoms with van der Waals surface area (Å²) in [6.45, 7) is 2.79. The van der Waals surface area contributed by atoms with Crippen LogP contribution in [0.3, 0.4) is 0 Å². The lowest BCUT2D eigenvalue weighted by Crippen LogP contribution is -2.39. The number of hydrogen-bond acceptors (Lipinski definition) is 3. The SMILES string of the molecule is CC(=O)c1ccc(C(=O)N2CCC(C(O)c3ccccc3)CC2)cc1. The van der Waals surface area contributed by atoms with E-state index in [9.17, 15) is 14.7 Å². The third kappa shape index (κ3) is 3.97. The molecule has 0 aliphatic carbocycles. The largest absolute Gasteiger partial charge is 0.388 e. The van der Waals surface area contributed by atoms with Crippen LogP contribution in [-0.2, 0) is 0 Å². The molecule has 1 saturated heterocycles. The minimum absolute atomic E-state index is 0.00490. The van der Waals surface area contributed by atoms with Crippen molar-refractivity contribution < 1.29 is 14.7 Å². The first kappa shape index (κ1) is 17.4. The molecular formula is C21H23NO3. The van der Waals surface area contributed by atoms with Crippen LogP contribution >= 0.6 is 0 Å². The molecule has 2 aromatic carbocycles. The van der Waals surface area contributed by atoms with Crippen LogP contribution < -0.4 is 0 Å². The second kappa shape index (κ2) is 7.62. The number of amides is 1. The number of Topliss-reactive ketones (excluding diaryl/α,β-unsaturated/α-hetero) is 1. The van der Waals surface area contributed by atoms with Gasteiger partial charge in [-0.3, -0.25) is 9.59 Å². The van der Waals surface area contributed by atoms with Gasteiger partial charge in [0.25, 0.3) is 5.91 Å². The third-order valence-electron chi connectivity index (χ3n) is 4.95. The van der Waals surface area contributed by atoms with Crippen LogP contribution in [0, 0.1) is 5.92 Å². The standard InChI is InChI=1S/C21H23NO3/c1-15(23)16-7-9-19(10-8-16)21(25)22-13-11-18(12-14-22)20(24)17-5-3-2-4-6-17/h2-10,18,20,24H,11-14H2,1H3. The van der Waals surface area contributed by atoms with Gasteiger partial charge in [-0.15, -0.1) is 0 Å². The summed E-state index contributed by atoms with van der Waals surface area (Å²) in [5.41, 5.74) is 2.15. The average molecular weight is 337 g/mol. The summed E-state index contributed by atoms with van der Waals surface area (Å²) in [6.07, 6.45) is 1.09. The lowest BCUT2D eigenvalue weighted by atomic mass is 9.87. The van der Waals surface area contributed by atoms with Crippen LogP contribution in [0.2, 0.25) is 0 Å². The molecule has 130 valence electrons. The first-order valence-electron chi connectivity index (χ1n) is 8.69. The number of carbonyl (C=O) groups is 2. The second-order valence-corrected chi connectivity index (χ2v) is 6.62. The Morgan fingerprint density at radius 2 is 1.52 bits per heavy atom. The quantitative estimate of drug-likeness (QED) is 0.869. The molecule has 1 amide bonds. The van der Waals surface area contributed by atoms with E-state index in [1.165, 1.54) is 6.92 Å². The molecule has 4 heteroatoms. The zero-order valence-electron chi connectivity index (χ0n) is 14.4. The van der Waals surface area contributed by atoms with Gasteiger partial charge in [-0.05, 0) is 43.4 Å². The molecule has 0 saturated carbocycles. The van der Waals surface area contributed by atoms with Crippen LogP contribution in [0.5, 0.6) is 0 Å². The minimum Gasteiger partial charge on any atom is -0.388 e. The van der Waals surface area contributed by atoms with Gasteiger partial charge < -0.3 is 10.0 Å². The number of ketones is 1. The first-order valence-corrected chi connectivity index (χ1v) is 8.69. The Hall–Kier alpha value is -2.46. The van der Waals surface area contributed by atoms with Crippen LogP contribution in [0.1, 0.15) is 52.1 Å². The van der Waals surface area contributed by atoms with Crippen LogP contribution in [0.25, 0.3) is 0 Å². The molecule has 2 aromatic rings. The van der Waals surface area contributed by atoms with Gasteiger partial charge in [0.15, 0.2) is 5.78 Å². The lowest BCUT2D eigenvalue weighted by Gasteiger charge is -2.34. The molecular weight excluding hydrogens is 314 g/mol. The maximum absolute atomic E-state index is 12.6. The van der Waals surface area contributed by atoms with E-state index in [2.05, 4.69) is 0 Å².